The molecule has 1 aromatic rings. The summed E-state index contributed by atoms with van der Waals surface area (Å²) in [5, 5.41) is 0. The minimum absolute atomic E-state index is 0.434. The lowest BCUT2D eigenvalue weighted by Gasteiger charge is -2.02. The molecule has 0 unspecified atom stereocenters. The van der Waals surface area contributed by atoms with Gasteiger partial charge >= 0.3 is 0 Å². The summed E-state index contributed by atoms with van der Waals surface area (Å²) in [7, 11) is 0. The highest BCUT2D eigenvalue weighted by molar-refractivity contribution is 5.98. The molecular formula is C10H11FO. The van der Waals surface area contributed by atoms with Crippen molar-refractivity contribution in [1.29, 1.82) is 0 Å². The molecule has 12 heavy (non-hydrogen) atoms. The van der Waals surface area contributed by atoms with Gasteiger partial charge in [0.05, 0.1) is 0 Å². The summed E-state index contributed by atoms with van der Waals surface area (Å²) in [5.41, 5.74) is 2.32. The van der Waals surface area contributed by atoms with E-state index in [4.69, 9.17) is 0 Å². The molecule has 0 aliphatic carbocycles. The van der Waals surface area contributed by atoms with Gasteiger partial charge in [-0.05, 0) is 25.5 Å². The number of aryl methyl sites for hydroxylation is 2. The fraction of sp³-hybridized carbons (Fsp3) is 0.300. The maximum absolute atomic E-state index is 12.0. The highest BCUT2D eigenvalue weighted by atomic mass is 19.1. The van der Waals surface area contributed by atoms with Crippen LogP contribution in [0.2, 0.25) is 0 Å². The number of hydrogen-bond acceptors (Lipinski definition) is 1. The Labute approximate surface area is 71.2 Å². The number of benzene rings is 1. The molecule has 0 fully saturated rings. The van der Waals surface area contributed by atoms with Crippen molar-refractivity contribution < 1.29 is 9.18 Å². The Bertz CT molecular complexity index is 305. The third-order valence-electron chi connectivity index (χ3n) is 1.81. The first kappa shape index (κ1) is 8.91. The van der Waals surface area contributed by atoms with Crippen LogP contribution in [0.25, 0.3) is 0 Å². The average Bonchev–Trinajstić information content (AvgIpc) is 2.08. The Morgan fingerprint density at radius 1 is 1.42 bits per heavy atom. The molecule has 1 aromatic carbocycles. The Morgan fingerprint density at radius 3 is 2.67 bits per heavy atom. The van der Waals surface area contributed by atoms with Crippen molar-refractivity contribution in [3.05, 3.63) is 34.9 Å². The highest BCUT2D eigenvalue weighted by Gasteiger charge is 2.07. The molecule has 0 radical (unpaired) electrons. The summed E-state index contributed by atoms with van der Waals surface area (Å²) in [6, 6.07) is 5.46. The quantitative estimate of drug-likeness (QED) is 0.617. The second-order valence-electron chi connectivity index (χ2n) is 2.88. The number of carbonyl (C=O) groups is 1. The van der Waals surface area contributed by atoms with Crippen molar-refractivity contribution in [3.8, 4) is 0 Å². The number of alkyl halides is 1. The van der Waals surface area contributed by atoms with Gasteiger partial charge in [0.1, 0.15) is 0 Å². The van der Waals surface area contributed by atoms with E-state index in [0.29, 0.717) is 5.56 Å². The molecule has 0 aliphatic heterocycles. The van der Waals surface area contributed by atoms with E-state index in [-0.39, 0.29) is 0 Å². The van der Waals surface area contributed by atoms with Crippen molar-refractivity contribution in [2.75, 3.05) is 6.67 Å². The van der Waals surface area contributed by atoms with Gasteiger partial charge in [0, 0.05) is 5.56 Å². The lowest BCUT2D eigenvalue weighted by atomic mass is 10.0. The van der Waals surface area contributed by atoms with Crippen LogP contribution < -0.4 is 0 Å². The molecule has 0 saturated carbocycles. The van der Waals surface area contributed by atoms with E-state index in [2.05, 4.69) is 0 Å². The van der Waals surface area contributed by atoms with Gasteiger partial charge in [-0.2, -0.15) is 0 Å². The minimum Gasteiger partial charge on any atom is -0.291 e. The van der Waals surface area contributed by atoms with Crippen molar-refractivity contribution in [2.45, 2.75) is 13.8 Å². The molecule has 1 nitrogen and oxygen atoms in total. The number of hydrogen-bond donors (Lipinski definition) is 0. The van der Waals surface area contributed by atoms with Crippen LogP contribution in [0.4, 0.5) is 4.39 Å². The zero-order valence-electron chi connectivity index (χ0n) is 7.23. The van der Waals surface area contributed by atoms with Gasteiger partial charge in [0.25, 0.3) is 0 Å². The highest BCUT2D eigenvalue weighted by Crippen LogP contribution is 2.11. The second-order valence-corrected chi connectivity index (χ2v) is 2.88. The molecule has 0 spiro atoms. The van der Waals surface area contributed by atoms with Crippen LogP contribution in [-0.4, -0.2) is 12.5 Å². The monoisotopic (exact) mass is 166 g/mol. The Hall–Kier alpha value is -1.18. The van der Waals surface area contributed by atoms with E-state index in [0.717, 1.165) is 11.1 Å². The average molecular weight is 166 g/mol. The van der Waals surface area contributed by atoms with Gasteiger partial charge < -0.3 is 0 Å². The molecule has 0 aliphatic rings. The summed E-state index contributed by atoms with van der Waals surface area (Å²) < 4.78 is 12.0. The first-order valence-electron chi connectivity index (χ1n) is 3.81. The van der Waals surface area contributed by atoms with Crippen LogP contribution in [0.1, 0.15) is 21.5 Å². The van der Waals surface area contributed by atoms with Gasteiger partial charge in [-0.1, -0.05) is 17.7 Å². The predicted octanol–water partition coefficient (Wildman–Crippen LogP) is 2.46. The van der Waals surface area contributed by atoms with Gasteiger partial charge in [0.2, 0.25) is 0 Å². The standard InChI is InChI=1S/C10H11FO/c1-7-3-4-8(2)9(5-7)10(12)6-11/h3-5H,6H2,1-2H3. The zero-order chi connectivity index (χ0) is 9.14. The van der Waals surface area contributed by atoms with Crippen molar-refractivity contribution in [1.82, 2.24) is 0 Å². The lowest BCUT2D eigenvalue weighted by molar-refractivity contribution is 0.0958. The van der Waals surface area contributed by atoms with E-state index < -0.39 is 12.5 Å². The van der Waals surface area contributed by atoms with E-state index in [1.807, 2.05) is 26.0 Å². The van der Waals surface area contributed by atoms with E-state index in [9.17, 15) is 9.18 Å². The summed E-state index contributed by atoms with van der Waals surface area (Å²) in [6.07, 6.45) is 0. The maximum atomic E-state index is 12.0. The molecule has 0 heterocycles. The van der Waals surface area contributed by atoms with Crippen LogP contribution >= 0.6 is 0 Å². The predicted molar refractivity (Wildman–Crippen MR) is 46.2 cm³/mol. The molecule has 0 atom stereocenters. The SMILES string of the molecule is Cc1ccc(C)c(C(=O)CF)c1. The number of Topliss-reactive ketones (excluding diaryl/α,β-unsaturated/α-hetero) is 1. The molecule has 0 N–H and O–H groups in total. The number of halogens is 1. The molecule has 0 aromatic heterocycles. The van der Waals surface area contributed by atoms with E-state index >= 15 is 0 Å². The maximum Gasteiger partial charge on any atom is 0.194 e. The van der Waals surface area contributed by atoms with Crippen LogP contribution in [-0.2, 0) is 0 Å². The molecule has 0 saturated heterocycles. The topological polar surface area (TPSA) is 17.1 Å². The smallest absolute Gasteiger partial charge is 0.194 e. The Balaban J connectivity index is 3.13. The molecule has 0 amide bonds. The summed E-state index contributed by atoms with van der Waals surface area (Å²) in [6.45, 7) is 2.78. The van der Waals surface area contributed by atoms with Crippen LogP contribution in [0, 0.1) is 13.8 Å². The fourth-order valence-corrected chi connectivity index (χ4v) is 1.11. The number of rotatable bonds is 2. The molecule has 0 bridgehead atoms. The molecule has 2 heteroatoms. The third kappa shape index (κ3) is 1.70. The van der Waals surface area contributed by atoms with Crippen molar-refractivity contribution >= 4 is 5.78 Å². The molecule has 64 valence electrons. The number of carbonyl (C=O) groups excluding carboxylic acids is 1. The Kier molecular flexibility index (Phi) is 2.58. The molecule has 1 rings (SSSR count). The largest absolute Gasteiger partial charge is 0.291 e. The van der Waals surface area contributed by atoms with Crippen LogP contribution in [0.5, 0.6) is 0 Å². The first-order valence-corrected chi connectivity index (χ1v) is 3.81. The first-order chi connectivity index (χ1) is 5.65. The van der Waals surface area contributed by atoms with Crippen molar-refractivity contribution in [2.24, 2.45) is 0 Å². The van der Waals surface area contributed by atoms with E-state index in [1.54, 1.807) is 6.07 Å². The summed E-state index contributed by atoms with van der Waals surface area (Å²) in [5.74, 6) is -0.434. The Morgan fingerprint density at radius 2 is 2.08 bits per heavy atom. The lowest BCUT2D eigenvalue weighted by Crippen LogP contribution is -2.03. The second kappa shape index (κ2) is 3.48. The third-order valence-corrected chi connectivity index (χ3v) is 1.81. The van der Waals surface area contributed by atoms with Crippen LogP contribution in [0.15, 0.2) is 18.2 Å². The summed E-state index contributed by atoms with van der Waals surface area (Å²) >= 11 is 0. The van der Waals surface area contributed by atoms with Crippen molar-refractivity contribution in [3.63, 3.8) is 0 Å². The molecular weight excluding hydrogens is 155 g/mol. The normalized spacial score (nSPS) is 9.92. The van der Waals surface area contributed by atoms with Crippen LogP contribution in [0.3, 0.4) is 0 Å². The van der Waals surface area contributed by atoms with E-state index in [1.165, 1.54) is 0 Å². The number of ketones is 1. The minimum atomic E-state index is -0.912. The zero-order valence-corrected chi connectivity index (χ0v) is 7.23. The van der Waals surface area contributed by atoms with Gasteiger partial charge in [-0.15, -0.1) is 0 Å². The van der Waals surface area contributed by atoms with Gasteiger partial charge in [-0.25, -0.2) is 4.39 Å². The van der Waals surface area contributed by atoms with Gasteiger partial charge in [-0.3, -0.25) is 4.79 Å². The van der Waals surface area contributed by atoms with Gasteiger partial charge in [0.15, 0.2) is 12.5 Å². The fourth-order valence-electron chi connectivity index (χ4n) is 1.11. The summed E-state index contributed by atoms with van der Waals surface area (Å²) in [4.78, 5) is 11.0.